The van der Waals surface area contributed by atoms with Crippen molar-refractivity contribution in [2.45, 2.75) is 51.7 Å². The highest BCUT2D eigenvalue weighted by Crippen LogP contribution is 2.27. The molecule has 3 atom stereocenters. The normalized spacial score (nSPS) is 30.7. The number of rotatable bonds is 4. The Morgan fingerprint density at radius 3 is 2.68 bits per heavy atom. The number of nitrogens with two attached hydrogens (primary N) is 1. The Labute approximate surface area is 122 Å². The van der Waals surface area contributed by atoms with Crippen molar-refractivity contribution in [2.75, 3.05) is 19.7 Å². The number of carbonyl (C=O) groups is 1. The minimum absolute atomic E-state index is 0. The van der Waals surface area contributed by atoms with Gasteiger partial charge in [-0.1, -0.05) is 20.3 Å². The molecule has 112 valence electrons. The first kappa shape index (κ1) is 16.7. The smallest absolute Gasteiger partial charge is 0.227 e. The molecular weight excluding hydrogens is 264 g/mol. The molecule has 1 amide bonds. The van der Waals surface area contributed by atoms with Gasteiger partial charge < -0.3 is 15.4 Å². The van der Waals surface area contributed by atoms with Gasteiger partial charge >= 0.3 is 0 Å². The van der Waals surface area contributed by atoms with Crippen LogP contribution < -0.4 is 5.73 Å². The van der Waals surface area contributed by atoms with Gasteiger partial charge in [-0.15, -0.1) is 12.4 Å². The average Bonchev–Trinajstić information content (AvgIpc) is 2.94. The summed E-state index contributed by atoms with van der Waals surface area (Å²) in [6.45, 7) is 6.68. The number of amides is 1. The van der Waals surface area contributed by atoms with Crippen molar-refractivity contribution in [3.8, 4) is 0 Å². The summed E-state index contributed by atoms with van der Waals surface area (Å²) in [5, 5.41) is 0. The molecule has 2 rings (SSSR count). The zero-order chi connectivity index (χ0) is 13.1. The molecule has 1 aliphatic heterocycles. The zero-order valence-electron chi connectivity index (χ0n) is 12.0. The van der Waals surface area contributed by atoms with Gasteiger partial charge in [0.2, 0.25) is 5.91 Å². The number of hydrogen-bond acceptors (Lipinski definition) is 3. The average molecular weight is 291 g/mol. The quantitative estimate of drug-likeness (QED) is 0.859. The molecule has 2 N–H and O–H groups in total. The minimum Gasteiger partial charge on any atom is -0.376 e. The van der Waals surface area contributed by atoms with Gasteiger partial charge in [-0.2, -0.15) is 0 Å². The molecule has 1 aliphatic carbocycles. The first-order valence-corrected chi connectivity index (χ1v) is 7.24. The van der Waals surface area contributed by atoms with Crippen LogP contribution >= 0.6 is 12.4 Å². The Balaban J connectivity index is 0.00000180. The second kappa shape index (κ2) is 7.46. The molecule has 0 spiro atoms. The number of hydrogen-bond donors (Lipinski definition) is 1. The van der Waals surface area contributed by atoms with Crippen LogP contribution in [0, 0.1) is 11.8 Å². The lowest BCUT2D eigenvalue weighted by atomic mass is 10.0. The molecule has 1 saturated carbocycles. The van der Waals surface area contributed by atoms with Crippen LogP contribution in [0.25, 0.3) is 0 Å². The molecule has 1 saturated heterocycles. The van der Waals surface area contributed by atoms with Crippen LogP contribution in [0.15, 0.2) is 0 Å². The van der Waals surface area contributed by atoms with Crippen LogP contribution in [-0.4, -0.2) is 42.6 Å². The summed E-state index contributed by atoms with van der Waals surface area (Å²) in [4.78, 5) is 14.3. The summed E-state index contributed by atoms with van der Waals surface area (Å²) >= 11 is 0. The summed E-state index contributed by atoms with van der Waals surface area (Å²) in [6.07, 6.45) is 4.26. The van der Waals surface area contributed by atoms with E-state index in [9.17, 15) is 4.79 Å². The SMILES string of the molecule is CC(C)COC1CCN(C(=O)C2CCCC2N)C1.Cl. The van der Waals surface area contributed by atoms with Gasteiger partial charge in [0.15, 0.2) is 0 Å². The molecule has 2 fully saturated rings. The van der Waals surface area contributed by atoms with Gasteiger partial charge in [-0.3, -0.25) is 4.79 Å². The third-order valence-electron chi connectivity index (χ3n) is 4.01. The number of ether oxygens (including phenoxy) is 1. The van der Waals surface area contributed by atoms with E-state index in [-0.39, 0.29) is 36.4 Å². The predicted molar refractivity (Wildman–Crippen MR) is 78.3 cm³/mol. The maximum atomic E-state index is 12.3. The molecule has 5 heteroatoms. The Bertz CT molecular complexity index is 299. The lowest BCUT2D eigenvalue weighted by molar-refractivity contribution is -0.135. The van der Waals surface area contributed by atoms with Crippen LogP contribution in [0.4, 0.5) is 0 Å². The van der Waals surface area contributed by atoms with E-state index in [1.165, 1.54) is 0 Å². The highest BCUT2D eigenvalue weighted by molar-refractivity contribution is 5.85. The van der Waals surface area contributed by atoms with Gasteiger partial charge in [0.25, 0.3) is 0 Å². The summed E-state index contributed by atoms with van der Waals surface area (Å²) in [7, 11) is 0. The van der Waals surface area contributed by atoms with Crippen molar-refractivity contribution in [3.05, 3.63) is 0 Å². The highest BCUT2D eigenvalue weighted by atomic mass is 35.5. The molecule has 0 bridgehead atoms. The number of halogens is 1. The van der Waals surface area contributed by atoms with Gasteiger partial charge in [0, 0.05) is 25.7 Å². The Morgan fingerprint density at radius 2 is 2.11 bits per heavy atom. The summed E-state index contributed by atoms with van der Waals surface area (Å²) < 4.78 is 5.81. The first-order valence-electron chi connectivity index (χ1n) is 7.24. The molecule has 2 aliphatic rings. The topological polar surface area (TPSA) is 55.6 Å². The van der Waals surface area contributed by atoms with Gasteiger partial charge in [-0.05, 0) is 25.2 Å². The van der Waals surface area contributed by atoms with E-state index in [0.29, 0.717) is 5.92 Å². The molecular formula is C14H27ClN2O2. The molecule has 1 heterocycles. The fourth-order valence-corrected chi connectivity index (χ4v) is 2.92. The Kier molecular flexibility index (Phi) is 6.57. The first-order chi connectivity index (χ1) is 8.58. The number of carbonyl (C=O) groups excluding carboxylic acids is 1. The van der Waals surface area contributed by atoms with Crippen molar-refractivity contribution in [1.29, 1.82) is 0 Å². The van der Waals surface area contributed by atoms with Crippen LogP contribution in [0.5, 0.6) is 0 Å². The molecule has 19 heavy (non-hydrogen) atoms. The van der Waals surface area contributed by atoms with E-state index in [2.05, 4.69) is 13.8 Å². The summed E-state index contributed by atoms with van der Waals surface area (Å²) in [5.41, 5.74) is 6.00. The van der Waals surface area contributed by atoms with Crippen LogP contribution in [0.2, 0.25) is 0 Å². The summed E-state index contributed by atoms with van der Waals surface area (Å²) in [5.74, 6) is 0.877. The summed E-state index contributed by atoms with van der Waals surface area (Å²) in [6, 6.07) is 0.0770. The second-order valence-electron chi connectivity index (χ2n) is 6.12. The standard InChI is InChI=1S/C14H26N2O2.ClH/c1-10(2)9-18-11-6-7-16(8-11)14(17)12-4-3-5-13(12)15;/h10-13H,3-9,15H2,1-2H3;1H. The third-order valence-corrected chi connectivity index (χ3v) is 4.01. The van der Waals surface area contributed by atoms with E-state index in [4.69, 9.17) is 10.5 Å². The highest BCUT2D eigenvalue weighted by Gasteiger charge is 2.36. The molecule has 0 aromatic rings. The van der Waals surface area contributed by atoms with E-state index >= 15 is 0 Å². The van der Waals surface area contributed by atoms with E-state index in [0.717, 1.165) is 45.4 Å². The van der Waals surface area contributed by atoms with E-state index < -0.39 is 0 Å². The minimum atomic E-state index is 0. The fourth-order valence-electron chi connectivity index (χ4n) is 2.92. The van der Waals surface area contributed by atoms with Crippen molar-refractivity contribution in [3.63, 3.8) is 0 Å². The number of nitrogens with zero attached hydrogens (tertiary/aromatic N) is 1. The zero-order valence-corrected chi connectivity index (χ0v) is 12.8. The van der Waals surface area contributed by atoms with Crippen LogP contribution in [0.1, 0.15) is 39.5 Å². The van der Waals surface area contributed by atoms with Crippen molar-refractivity contribution in [2.24, 2.45) is 17.6 Å². The lowest BCUT2D eigenvalue weighted by Gasteiger charge is -2.23. The lowest BCUT2D eigenvalue weighted by Crippen LogP contribution is -2.41. The molecule has 3 unspecified atom stereocenters. The van der Waals surface area contributed by atoms with Gasteiger partial charge in [-0.25, -0.2) is 0 Å². The third kappa shape index (κ3) is 4.33. The predicted octanol–water partition coefficient (Wildman–Crippen LogP) is 1.81. The molecule has 0 aromatic carbocycles. The van der Waals surface area contributed by atoms with E-state index in [1.54, 1.807) is 0 Å². The van der Waals surface area contributed by atoms with Crippen molar-refractivity contribution in [1.82, 2.24) is 4.90 Å². The van der Waals surface area contributed by atoms with E-state index in [1.807, 2.05) is 4.90 Å². The molecule has 4 nitrogen and oxygen atoms in total. The maximum absolute atomic E-state index is 12.3. The van der Waals surface area contributed by atoms with Crippen LogP contribution in [-0.2, 0) is 9.53 Å². The van der Waals surface area contributed by atoms with Gasteiger partial charge in [0.1, 0.15) is 0 Å². The van der Waals surface area contributed by atoms with Gasteiger partial charge in [0.05, 0.1) is 12.0 Å². The largest absolute Gasteiger partial charge is 0.376 e. The van der Waals surface area contributed by atoms with Crippen molar-refractivity contribution >= 4 is 18.3 Å². The Morgan fingerprint density at radius 1 is 1.37 bits per heavy atom. The maximum Gasteiger partial charge on any atom is 0.227 e. The van der Waals surface area contributed by atoms with Crippen molar-refractivity contribution < 1.29 is 9.53 Å². The molecule has 0 aromatic heterocycles. The second-order valence-corrected chi connectivity index (χ2v) is 6.12. The number of likely N-dealkylation sites (tertiary alicyclic amines) is 1. The monoisotopic (exact) mass is 290 g/mol. The molecule has 0 radical (unpaired) electrons. The van der Waals surface area contributed by atoms with Crippen LogP contribution in [0.3, 0.4) is 0 Å². The fraction of sp³-hybridized carbons (Fsp3) is 0.929. The Hall–Kier alpha value is -0.320.